The van der Waals surface area contributed by atoms with Gasteiger partial charge >= 0.3 is 6.18 Å². The average Bonchev–Trinajstić information content (AvgIpc) is 2.26. The molecule has 0 atom stereocenters. The molecule has 102 valence electrons. The highest BCUT2D eigenvalue weighted by Crippen LogP contribution is 2.23. The summed E-state index contributed by atoms with van der Waals surface area (Å²) in [5.74, 6) is 0.146. The fourth-order valence-electron chi connectivity index (χ4n) is 1.30. The number of halogens is 3. The maximum Gasteiger partial charge on any atom is 0.405 e. The Kier molecular flexibility index (Phi) is 5.03. The van der Waals surface area contributed by atoms with Gasteiger partial charge in [0.15, 0.2) is 5.16 Å². The molecule has 0 bridgehead atoms. The van der Waals surface area contributed by atoms with Gasteiger partial charge in [0, 0.05) is 12.6 Å². The summed E-state index contributed by atoms with van der Waals surface area (Å²) in [7, 11) is 0. The van der Waals surface area contributed by atoms with Gasteiger partial charge in [-0.1, -0.05) is 11.8 Å². The second-order valence-corrected chi connectivity index (χ2v) is 4.17. The van der Waals surface area contributed by atoms with Crippen molar-refractivity contribution in [2.75, 3.05) is 36.6 Å². The summed E-state index contributed by atoms with van der Waals surface area (Å²) >= 11 is 1.18. The molecule has 3 N–H and O–H groups in total. The van der Waals surface area contributed by atoms with E-state index in [0.717, 1.165) is 4.90 Å². The number of nitrogens with two attached hydrogens (primary N) is 1. The molecule has 0 aliphatic heterocycles. The van der Waals surface area contributed by atoms with Gasteiger partial charge in [-0.25, -0.2) is 9.97 Å². The molecule has 0 aromatic carbocycles. The van der Waals surface area contributed by atoms with E-state index in [4.69, 9.17) is 10.8 Å². The second kappa shape index (κ2) is 6.10. The van der Waals surface area contributed by atoms with Crippen molar-refractivity contribution in [3.63, 3.8) is 0 Å². The fourth-order valence-corrected chi connectivity index (χ4v) is 1.68. The van der Waals surface area contributed by atoms with Crippen LogP contribution in [0.15, 0.2) is 11.2 Å². The lowest BCUT2D eigenvalue weighted by Crippen LogP contribution is -2.37. The molecule has 1 aromatic heterocycles. The Morgan fingerprint density at radius 3 is 2.61 bits per heavy atom. The minimum absolute atomic E-state index is 0.0539. The molecule has 5 nitrogen and oxygen atoms in total. The summed E-state index contributed by atoms with van der Waals surface area (Å²) in [5.41, 5.74) is 5.50. The first kappa shape index (κ1) is 14.8. The molecule has 0 aliphatic carbocycles. The molecular weight excluding hydrogens is 269 g/mol. The molecule has 0 fully saturated rings. The molecule has 0 unspecified atom stereocenters. The molecule has 0 spiro atoms. The maximum atomic E-state index is 12.4. The van der Waals surface area contributed by atoms with Crippen LogP contribution in [-0.4, -0.2) is 47.2 Å². The highest BCUT2D eigenvalue weighted by atomic mass is 32.2. The Balaban J connectivity index is 3.01. The van der Waals surface area contributed by atoms with E-state index in [1.807, 2.05) is 0 Å². The van der Waals surface area contributed by atoms with Crippen LogP contribution in [0, 0.1) is 0 Å². The largest absolute Gasteiger partial charge is 0.405 e. The standard InChI is InChI=1S/C9H13F3N4OS/c1-18-8-14-6(13)4-7(15-8)16(2-3-17)5-9(10,11)12/h4,17H,2-3,5H2,1H3,(H2,13,14,15). The summed E-state index contributed by atoms with van der Waals surface area (Å²) in [6, 6.07) is 1.25. The van der Waals surface area contributed by atoms with Gasteiger partial charge < -0.3 is 15.7 Å². The van der Waals surface area contributed by atoms with Crippen LogP contribution >= 0.6 is 11.8 Å². The number of nitrogen functional groups attached to an aromatic ring is 1. The number of nitrogens with zero attached hydrogens (tertiary/aromatic N) is 3. The Morgan fingerprint density at radius 2 is 2.11 bits per heavy atom. The van der Waals surface area contributed by atoms with E-state index in [9.17, 15) is 13.2 Å². The van der Waals surface area contributed by atoms with E-state index in [0.29, 0.717) is 0 Å². The molecule has 1 aromatic rings. The maximum absolute atomic E-state index is 12.4. The number of thioether (sulfide) groups is 1. The van der Waals surface area contributed by atoms with E-state index in [-0.39, 0.29) is 23.3 Å². The van der Waals surface area contributed by atoms with Gasteiger partial charge in [0.1, 0.15) is 18.2 Å². The predicted molar refractivity (Wildman–Crippen MR) is 63.6 cm³/mol. The van der Waals surface area contributed by atoms with E-state index < -0.39 is 19.3 Å². The van der Waals surface area contributed by atoms with Crippen LogP contribution in [0.1, 0.15) is 0 Å². The lowest BCUT2D eigenvalue weighted by atomic mass is 10.4. The first-order chi connectivity index (χ1) is 8.35. The highest BCUT2D eigenvalue weighted by Gasteiger charge is 2.31. The Bertz CT molecular complexity index is 402. The fraction of sp³-hybridized carbons (Fsp3) is 0.556. The number of anilines is 2. The van der Waals surface area contributed by atoms with Gasteiger partial charge in [-0.3, -0.25) is 0 Å². The minimum atomic E-state index is -4.38. The van der Waals surface area contributed by atoms with E-state index in [2.05, 4.69) is 9.97 Å². The van der Waals surface area contributed by atoms with Crippen LogP contribution in [0.4, 0.5) is 24.8 Å². The highest BCUT2D eigenvalue weighted by molar-refractivity contribution is 7.98. The van der Waals surface area contributed by atoms with Crippen LogP contribution in [0.2, 0.25) is 0 Å². The first-order valence-corrected chi connectivity index (χ1v) is 6.19. The van der Waals surface area contributed by atoms with Crippen LogP contribution in [0.25, 0.3) is 0 Å². The summed E-state index contributed by atoms with van der Waals surface area (Å²) in [6.07, 6.45) is -2.69. The van der Waals surface area contributed by atoms with Crippen molar-refractivity contribution >= 4 is 23.4 Å². The van der Waals surface area contributed by atoms with Crippen molar-refractivity contribution in [1.29, 1.82) is 0 Å². The van der Waals surface area contributed by atoms with Crippen molar-refractivity contribution in [2.24, 2.45) is 0 Å². The van der Waals surface area contributed by atoms with Gasteiger partial charge in [0.2, 0.25) is 0 Å². The number of aliphatic hydroxyl groups is 1. The molecule has 0 saturated carbocycles. The molecule has 1 rings (SSSR count). The number of hydrogen-bond donors (Lipinski definition) is 2. The summed E-state index contributed by atoms with van der Waals surface area (Å²) in [5, 5.41) is 9.09. The van der Waals surface area contributed by atoms with Crippen molar-refractivity contribution < 1.29 is 18.3 Å². The van der Waals surface area contributed by atoms with Crippen molar-refractivity contribution in [1.82, 2.24) is 9.97 Å². The van der Waals surface area contributed by atoms with Crippen LogP contribution in [0.5, 0.6) is 0 Å². The minimum Gasteiger partial charge on any atom is -0.395 e. The summed E-state index contributed by atoms with van der Waals surface area (Å²) in [4.78, 5) is 8.71. The van der Waals surface area contributed by atoms with Crippen LogP contribution in [0.3, 0.4) is 0 Å². The number of hydrogen-bond acceptors (Lipinski definition) is 6. The predicted octanol–water partition coefficient (Wildman–Crippen LogP) is 1.14. The third-order valence-electron chi connectivity index (χ3n) is 1.96. The monoisotopic (exact) mass is 282 g/mol. The lowest BCUT2D eigenvalue weighted by molar-refractivity contribution is -0.120. The molecule has 18 heavy (non-hydrogen) atoms. The zero-order valence-corrected chi connectivity index (χ0v) is 10.4. The second-order valence-electron chi connectivity index (χ2n) is 3.40. The molecule has 0 saturated heterocycles. The van der Waals surface area contributed by atoms with Crippen LogP contribution < -0.4 is 10.6 Å². The average molecular weight is 282 g/mol. The van der Waals surface area contributed by atoms with Gasteiger partial charge in [-0.2, -0.15) is 13.2 Å². The Labute approximate surface area is 106 Å². The quantitative estimate of drug-likeness (QED) is 0.623. The molecule has 0 radical (unpaired) electrons. The number of rotatable bonds is 5. The SMILES string of the molecule is CSc1nc(N)cc(N(CCO)CC(F)(F)F)n1. The number of aromatic nitrogens is 2. The van der Waals surface area contributed by atoms with E-state index in [1.54, 1.807) is 6.26 Å². The molecule has 1 heterocycles. The summed E-state index contributed by atoms with van der Waals surface area (Å²) < 4.78 is 37.2. The zero-order valence-electron chi connectivity index (χ0n) is 9.61. The Hall–Kier alpha value is -1.22. The van der Waals surface area contributed by atoms with Gasteiger partial charge in [-0.05, 0) is 6.26 Å². The van der Waals surface area contributed by atoms with Crippen molar-refractivity contribution in [3.05, 3.63) is 6.07 Å². The van der Waals surface area contributed by atoms with E-state index >= 15 is 0 Å². The normalized spacial score (nSPS) is 11.6. The molecule has 9 heteroatoms. The van der Waals surface area contributed by atoms with Crippen molar-refractivity contribution in [2.45, 2.75) is 11.3 Å². The van der Waals surface area contributed by atoms with Crippen molar-refractivity contribution in [3.8, 4) is 0 Å². The topological polar surface area (TPSA) is 75.3 Å². The lowest BCUT2D eigenvalue weighted by Gasteiger charge is -2.24. The summed E-state index contributed by atoms with van der Waals surface area (Å²) in [6.45, 7) is -1.78. The van der Waals surface area contributed by atoms with E-state index in [1.165, 1.54) is 17.8 Å². The third-order valence-corrected chi connectivity index (χ3v) is 2.51. The van der Waals surface area contributed by atoms with Gasteiger partial charge in [0.25, 0.3) is 0 Å². The van der Waals surface area contributed by atoms with Gasteiger partial charge in [-0.15, -0.1) is 0 Å². The number of alkyl halides is 3. The van der Waals surface area contributed by atoms with Gasteiger partial charge in [0.05, 0.1) is 6.61 Å². The van der Waals surface area contributed by atoms with Crippen LogP contribution in [-0.2, 0) is 0 Å². The Morgan fingerprint density at radius 1 is 1.44 bits per heavy atom. The molecular formula is C9H13F3N4OS. The molecule has 0 aliphatic rings. The smallest absolute Gasteiger partial charge is 0.395 e. The third kappa shape index (κ3) is 4.57. The number of aliphatic hydroxyl groups excluding tert-OH is 1. The molecule has 0 amide bonds. The first-order valence-electron chi connectivity index (χ1n) is 4.97. The zero-order chi connectivity index (χ0) is 13.8.